The van der Waals surface area contributed by atoms with Gasteiger partial charge in [0.15, 0.2) is 0 Å². The third-order valence-corrected chi connectivity index (χ3v) is 1.71. The third-order valence-electron chi connectivity index (χ3n) is 1.71. The number of pyridine rings is 1. The van der Waals surface area contributed by atoms with Crippen molar-refractivity contribution in [1.29, 1.82) is 0 Å². The van der Waals surface area contributed by atoms with Crippen molar-refractivity contribution in [2.24, 2.45) is 5.73 Å². The standard InChI is InChI=1S/C9H12N2O2.ClH/c1-13-9(12)8(10)6-7-2-4-11-5-3-7;/h2-5,8H,6,10H2,1H3;1H. The lowest BCUT2D eigenvalue weighted by atomic mass is 10.1. The van der Waals surface area contributed by atoms with Crippen LogP contribution >= 0.6 is 12.4 Å². The SMILES string of the molecule is COC(=O)C(N)Cc1ccncc1.Cl. The molecule has 1 rings (SSSR count). The number of aromatic nitrogens is 1. The van der Waals surface area contributed by atoms with E-state index in [1.165, 1.54) is 7.11 Å². The van der Waals surface area contributed by atoms with Gasteiger partial charge in [-0.05, 0) is 24.1 Å². The highest BCUT2D eigenvalue weighted by atomic mass is 35.5. The molecular formula is C9H13ClN2O2. The lowest BCUT2D eigenvalue weighted by Gasteiger charge is -2.08. The lowest BCUT2D eigenvalue weighted by Crippen LogP contribution is -2.33. The zero-order chi connectivity index (χ0) is 9.68. The molecule has 0 saturated carbocycles. The van der Waals surface area contributed by atoms with Gasteiger partial charge in [-0.1, -0.05) is 0 Å². The number of esters is 1. The number of carbonyl (C=O) groups is 1. The summed E-state index contributed by atoms with van der Waals surface area (Å²) in [5.41, 5.74) is 6.54. The molecule has 0 aliphatic heterocycles. The Balaban J connectivity index is 0.00000169. The number of hydrogen-bond acceptors (Lipinski definition) is 4. The second-order valence-corrected chi connectivity index (χ2v) is 2.69. The molecule has 2 N–H and O–H groups in total. The van der Waals surface area contributed by atoms with E-state index < -0.39 is 12.0 Å². The minimum Gasteiger partial charge on any atom is -0.468 e. The third kappa shape index (κ3) is 3.72. The van der Waals surface area contributed by atoms with Gasteiger partial charge in [0.25, 0.3) is 0 Å². The number of halogens is 1. The van der Waals surface area contributed by atoms with Gasteiger partial charge < -0.3 is 10.5 Å². The van der Waals surface area contributed by atoms with Crippen LogP contribution in [0.3, 0.4) is 0 Å². The molecule has 0 aliphatic carbocycles. The smallest absolute Gasteiger partial charge is 0.322 e. The van der Waals surface area contributed by atoms with Gasteiger partial charge >= 0.3 is 5.97 Å². The van der Waals surface area contributed by atoms with E-state index in [-0.39, 0.29) is 12.4 Å². The maximum atomic E-state index is 11.0. The summed E-state index contributed by atoms with van der Waals surface area (Å²) in [5.74, 6) is -0.392. The molecule has 1 atom stereocenters. The Hall–Kier alpha value is -1.13. The van der Waals surface area contributed by atoms with Crippen LogP contribution in [0.2, 0.25) is 0 Å². The van der Waals surface area contributed by atoms with Crippen molar-refractivity contribution in [3.05, 3.63) is 30.1 Å². The summed E-state index contributed by atoms with van der Waals surface area (Å²) in [6.07, 6.45) is 3.81. The van der Waals surface area contributed by atoms with Crippen molar-refractivity contribution in [2.75, 3.05) is 7.11 Å². The van der Waals surface area contributed by atoms with Gasteiger partial charge in [0.05, 0.1) is 7.11 Å². The topological polar surface area (TPSA) is 65.2 Å². The molecule has 1 heterocycles. The summed E-state index contributed by atoms with van der Waals surface area (Å²) in [6, 6.07) is 3.05. The van der Waals surface area contributed by atoms with Crippen LogP contribution < -0.4 is 5.73 Å². The quantitative estimate of drug-likeness (QED) is 0.750. The maximum absolute atomic E-state index is 11.0. The second kappa shape index (κ2) is 6.34. The van der Waals surface area contributed by atoms with Crippen molar-refractivity contribution < 1.29 is 9.53 Å². The molecule has 0 aromatic carbocycles. The Labute approximate surface area is 88.9 Å². The molecule has 0 saturated heterocycles. The predicted octanol–water partition coefficient (Wildman–Crippen LogP) is 0.546. The Morgan fingerprint density at radius 1 is 1.57 bits per heavy atom. The largest absolute Gasteiger partial charge is 0.468 e. The normalized spacial score (nSPS) is 11.3. The fourth-order valence-electron chi connectivity index (χ4n) is 1.01. The highest BCUT2D eigenvalue weighted by molar-refractivity contribution is 5.85. The first-order chi connectivity index (χ1) is 6.24. The van der Waals surface area contributed by atoms with Crippen LogP contribution in [0.4, 0.5) is 0 Å². The molecule has 0 spiro atoms. The molecule has 4 nitrogen and oxygen atoms in total. The van der Waals surface area contributed by atoms with Crippen molar-refractivity contribution in [3.63, 3.8) is 0 Å². The minimum atomic E-state index is -0.590. The number of rotatable bonds is 3. The molecule has 14 heavy (non-hydrogen) atoms. The van der Waals surface area contributed by atoms with Gasteiger partial charge in [0.2, 0.25) is 0 Å². The number of methoxy groups -OCH3 is 1. The van der Waals surface area contributed by atoms with Crippen molar-refractivity contribution in [1.82, 2.24) is 4.98 Å². The number of hydrogen-bond donors (Lipinski definition) is 1. The second-order valence-electron chi connectivity index (χ2n) is 2.69. The van der Waals surface area contributed by atoms with Crippen molar-refractivity contribution in [3.8, 4) is 0 Å². The molecule has 5 heteroatoms. The Morgan fingerprint density at radius 2 is 2.14 bits per heavy atom. The molecule has 1 aromatic heterocycles. The van der Waals surface area contributed by atoms with E-state index in [0.29, 0.717) is 6.42 Å². The molecule has 78 valence electrons. The number of carbonyl (C=O) groups excluding carboxylic acids is 1. The molecular weight excluding hydrogens is 204 g/mol. The van der Waals surface area contributed by atoms with Crippen LogP contribution in [0.5, 0.6) is 0 Å². The summed E-state index contributed by atoms with van der Waals surface area (Å²) in [5, 5.41) is 0. The van der Waals surface area contributed by atoms with Crippen LogP contribution in [0.15, 0.2) is 24.5 Å². The van der Waals surface area contributed by atoms with E-state index in [4.69, 9.17) is 5.73 Å². The molecule has 0 aliphatic rings. The Bertz CT molecular complexity index is 279. The van der Waals surface area contributed by atoms with Crippen LogP contribution in [-0.2, 0) is 16.0 Å². The number of nitrogens with zero attached hydrogens (tertiary/aromatic N) is 1. The monoisotopic (exact) mass is 216 g/mol. The molecule has 0 fully saturated rings. The summed E-state index contributed by atoms with van der Waals surface area (Å²) in [4.78, 5) is 14.8. The van der Waals surface area contributed by atoms with E-state index in [0.717, 1.165) is 5.56 Å². The molecule has 1 unspecified atom stereocenters. The van der Waals surface area contributed by atoms with Gasteiger partial charge in [-0.3, -0.25) is 9.78 Å². The summed E-state index contributed by atoms with van der Waals surface area (Å²) in [7, 11) is 1.33. The van der Waals surface area contributed by atoms with Gasteiger partial charge in [0.1, 0.15) is 6.04 Å². The van der Waals surface area contributed by atoms with E-state index in [1.54, 1.807) is 12.4 Å². The summed E-state index contributed by atoms with van der Waals surface area (Å²) >= 11 is 0. The first-order valence-electron chi connectivity index (χ1n) is 3.96. The Morgan fingerprint density at radius 3 is 2.64 bits per heavy atom. The summed E-state index contributed by atoms with van der Waals surface area (Å²) < 4.78 is 4.50. The minimum absolute atomic E-state index is 0. The molecule has 0 amide bonds. The maximum Gasteiger partial charge on any atom is 0.322 e. The van der Waals surface area contributed by atoms with Gasteiger partial charge in [-0.2, -0.15) is 0 Å². The average molecular weight is 217 g/mol. The molecule has 0 radical (unpaired) electrons. The van der Waals surface area contributed by atoms with Gasteiger partial charge in [-0.15, -0.1) is 12.4 Å². The highest BCUT2D eigenvalue weighted by Crippen LogP contribution is 2.00. The first kappa shape index (κ1) is 12.9. The fourth-order valence-corrected chi connectivity index (χ4v) is 1.01. The first-order valence-corrected chi connectivity index (χ1v) is 3.96. The highest BCUT2D eigenvalue weighted by Gasteiger charge is 2.13. The van der Waals surface area contributed by atoms with E-state index in [2.05, 4.69) is 9.72 Å². The van der Waals surface area contributed by atoms with Crippen LogP contribution in [0.1, 0.15) is 5.56 Å². The van der Waals surface area contributed by atoms with Crippen molar-refractivity contribution >= 4 is 18.4 Å². The van der Waals surface area contributed by atoms with E-state index >= 15 is 0 Å². The number of ether oxygens (including phenoxy) is 1. The summed E-state index contributed by atoms with van der Waals surface area (Å²) in [6.45, 7) is 0. The van der Waals surface area contributed by atoms with E-state index in [9.17, 15) is 4.79 Å². The van der Waals surface area contributed by atoms with E-state index in [1.807, 2.05) is 12.1 Å². The average Bonchev–Trinajstić information content (AvgIpc) is 2.18. The number of nitrogens with two attached hydrogens (primary N) is 1. The Kier molecular flexibility index (Phi) is 5.83. The van der Waals surface area contributed by atoms with Crippen LogP contribution in [0, 0.1) is 0 Å². The van der Waals surface area contributed by atoms with Crippen molar-refractivity contribution in [2.45, 2.75) is 12.5 Å². The molecule has 1 aromatic rings. The lowest BCUT2D eigenvalue weighted by molar-refractivity contribution is -0.142. The fraction of sp³-hybridized carbons (Fsp3) is 0.333. The zero-order valence-electron chi connectivity index (χ0n) is 7.84. The predicted molar refractivity (Wildman–Crippen MR) is 55.2 cm³/mol. The zero-order valence-corrected chi connectivity index (χ0v) is 8.66. The van der Waals surface area contributed by atoms with Gasteiger partial charge in [-0.25, -0.2) is 0 Å². The molecule has 0 bridgehead atoms. The van der Waals surface area contributed by atoms with Crippen LogP contribution in [-0.4, -0.2) is 24.1 Å². The van der Waals surface area contributed by atoms with Gasteiger partial charge in [0, 0.05) is 12.4 Å². The van der Waals surface area contributed by atoms with Crippen LogP contribution in [0.25, 0.3) is 0 Å².